The average molecular weight is 392 g/mol. The number of ether oxygens (including phenoxy) is 1. The van der Waals surface area contributed by atoms with Crippen LogP contribution < -0.4 is 11.1 Å². The van der Waals surface area contributed by atoms with Crippen molar-refractivity contribution in [3.63, 3.8) is 0 Å². The summed E-state index contributed by atoms with van der Waals surface area (Å²) in [7, 11) is 0. The van der Waals surface area contributed by atoms with Crippen molar-refractivity contribution in [1.82, 2.24) is 5.32 Å². The summed E-state index contributed by atoms with van der Waals surface area (Å²) in [5.41, 5.74) is 7.00. The first kappa shape index (κ1) is 23.5. The summed E-state index contributed by atoms with van der Waals surface area (Å²) in [4.78, 5) is 34.0. The van der Waals surface area contributed by atoms with E-state index in [4.69, 9.17) is 10.5 Å². The van der Waals surface area contributed by atoms with Gasteiger partial charge in [0.2, 0.25) is 5.91 Å². The standard InChI is InChI=1S/C21H32N2O5/c1-20(2,3)14-9-13(10-15(19(14)27)21(4,5)6)7-8-18(26)28-12-17(25)23-11-16(22)24/h9-10,27H,7-8,11-12H2,1-6H3,(H2,22,24)(H,23,25). The number of aromatic hydroxyl groups is 1. The number of hydrogen-bond donors (Lipinski definition) is 3. The summed E-state index contributed by atoms with van der Waals surface area (Å²) in [6.07, 6.45) is 0.523. The maximum absolute atomic E-state index is 11.9. The molecule has 0 saturated heterocycles. The van der Waals surface area contributed by atoms with E-state index < -0.39 is 24.4 Å². The van der Waals surface area contributed by atoms with E-state index in [0.29, 0.717) is 6.42 Å². The van der Waals surface area contributed by atoms with Crippen molar-refractivity contribution in [3.05, 3.63) is 28.8 Å². The van der Waals surface area contributed by atoms with Crippen molar-refractivity contribution >= 4 is 17.8 Å². The lowest BCUT2D eigenvalue weighted by Gasteiger charge is -2.28. The predicted octanol–water partition coefficient (Wildman–Crippen LogP) is 2.06. The third-order valence-electron chi connectivity index (χ3n) is 4.23. The summed E-state index contributed by atoms with van der Waals surface area (Å²) in [6, 6.07) is 3.83. The van der Waals surface area contributed by atoms with Gasteiger partial charge >= 0.3 is 5.97 Å². The molecular formula is C21H32N2O5. The topological polar surface area (TPSA) is 119 Å². The quantitative estimate of drug-likeness (QED) is 0.614. The third-order valence-corrected chi connectivity index (χ3v) is 4.23. The second kappa shape index (κ2) is 9.08. The maximum atomic E-state index is 11.9. The second-order valence-corrected chi connectivity index (χ2v) is 8.94. The van der Waals surface area contributed by atoms with Gasteiger partial charge in [-0.05, 0) is 33.9 Å². The first-order chi connectivity index (χ1) is 12.7. The van der Waals surface area contributed by atoms with Gasteiger partial charge < -0.3 is 20.9 Å². The first-order valence-electron chi connectivity index (χ1n) is 9.29. The van der Waals surface area contributed by atoms with Crippen molar-refractivity contribution in [2.75, 3.05) is 13.2 Å². The van der Waals surface area contributed by atoms with Crippen LogP contribution in [0.5, 0.6) is 5.75 Å². The van der Waals surface area contributed by atoms with Crippen molar-refractivity contribution in [3.8, 4) is 5.75 Å². The zero-order valence-electron chi connectivity index (χ0n) is 17.6. The number of phenols is 1. The number of rotatable bonds is 7. The van der Waals surface area contributed by atoms with E-state index in [2.05, 4.69) is 5.32 Å². The molecule has 0 atom stereocenters. The monoisotopic (exact) mass is 392 g/mol. The molecular weight excluding hydrogens is 360 g/mol. The van der Waals surface area contributed by atoms with Gasteiger partial charge in [-0.15, -0.1) is 0 Å². The lowest BCUT2D eigenvalue weighted by Crippen LogP contribution is -2.36. The molecule has 0 saturated carbocycles. The van der Waals surface area contributed by atoms with E-state index in [0.717, 1.165) is 16.7 Å². The minimum atomic E-state index is -0.670. The molecule has 28 heavy (non-hydrogen) atoms. The SMILES string of the molecule is CC(C)(C)c1cc(CCC(=O)OCC(=O)NCC(N)=O)cc(C(C)(C)C)c1O. The van der Waals surface area contributed by atoms with E-state index in [1.165, 1.54) is 0 Å². The molecule has 1 aromatic rings. The van der Waals surface area contributed by atoms with Gasteiger partial charge in [0, 0.05) is 6.42 Å². The number of esters is 1. The molecule has 156 valence electrons. The van der Waals surface area contributed by atoms with Gasteiger partial charge in [-0.25, -0.2) is 0 Å². The summed E-state index contributed by atoms with van der Waals surface area (Å²) < 4.78 is 4.92. The number of nitrogens with one attached hydrogen (secondary N) is 1. The highest BCUT2D eigenvalue weighted by Gasteiger charge is 2.26. The summed E-state index contributed by atoms with van der Waals surface area (Å²) in [6.45, 7) is 11.4. The predicted molar refractivity (Wildman–Crippen MR) is 107 cm³/mol. The van der Waals surface area contributed by atoms with E-state index in [1.807, 2.05) is 53.7 Å². The van der Waals surface area contributed by atoms with Crippen LogP contribution >= 0.6 is 0 Å². The Hall–Kier alpha value is -2.57. The number of benzene rings is 1. The second-order valence-electron chi connectivity index (χ2n) is 8.94. The van der Waals surface area contributed by atoms with Gasteiger partial charge in [-0.2, -0.15) is 0 Å². The minimum Gasteiger partial charge on any atom is -0.507 e. The number of aryl methyl sites for hydroxylation is 1. The third kappa shape index (κ3) is 7.21. The van der Waals surface area contributed by atoms with Crippen LogP contribution in [0.3, 0.4) is 0 Å². The fraction of sp³-hybridized carbons (Fsp3) is 0.571. The van der Waals surface area contributed by atoms with Crippen LogP contribution in [0, 0.1) is 0 Å². The zero-order chi connectivity index (χ0) is 21.7. The minimum absolute atomic E-state index is 0.0983. The number of primary amides is 1. The normalized spacial score (nSPS) is 11.8. The smallest absolute Gasteiger partial charge is 0.306 e. The lowest BCUT2D eigenvalue weighted by atomic mass is 9.78. The molecule has 0 spiro atoms. The fourth-order valence-corrected chi connectivity index (χ4v) is 2.68. The van der Waals surface area contributed by atoms with Gasteiger partial charge in [0.15, 0.2) is 6.61 Å². The Morgan fingerprint density at radius 1 is 1.04 bits per heavy atom. The highest BCUT2D eigenvalue weighted by Crippen LogP contribution is 2.39. The molecule has 7 heteroatoms. The van der Waals surface area contributed by atoms with Gasteiger partial charge in [-0.1, -0.05) is 53.7 Å². The molecule has 7 nitrogen and oxygen atoms in total. The molecule has 0 aliphatic carbocycles. The summed E-state index contributed by atoms with van der Waals surface area (Å²) in [5.74, 6) is -1.48. The molecule has 0 heterocycles. The number of amides is 2. The van der Waals surface area contributed by atoms with E-state index in [1.54, 1.807) is 0 Å². The lowest BCUT2D eigenvalue weighted by molar-refractivity contribution is -0.148. The maximum Gasteiger partial charge on any atom is 0.306 e. The molecule has 1 rings (SSSR count). The summed E-state index contributed by atoms with van der Waals surface area (Å²) in [5, 5.41) is 13.0. The number of hydrogen-bond acceptors (Lipinski definition) is 5. The Bertz CT molecular complexity index is 707. The van der Waals surface area contributed by atoms with Crippen LogP contribution in [0.1, 0.15) is 64.7 Å². The van der Waals surface area contributed by atoms with Gasteiger partial charge in [-0.3, -0.25) is 14.4 Å². The van der Waals surface area contributed by atoms with E-state index in [9.17, 15) is 19.5 Å². The largest absolute Gasteiger partial charge is 0.507 e. The average Bonchev–Trinajstić information content (AvgIpc) is 2.54. The molecule has 2 amide bonds. The van der Waals surface area contributed by atoms with Crippen molar-refractivity contribution in [2.45, 2.75) is 65.2 Å². The number of nitrogens with two attached hydrogens (primary N) is 1. The molecule has 0 bridgehead atoms. The molecule has 0 aliphatic heterocycles. The van der Waals surface area contributed by atoms with Crippen LogP contribution in [0.4, 0.5) is 0 Å². The number of carbonyl (C=O) groups excluding carboxylic acids is 3. The van der Waals surface area contributed by atoms with Gasteiger partial charge in [0.25, 0.3) is 5.91 Å². The Labute approximate surface area is 166 Å². The molecule has 0 aromatic heterocycles. The molecule has 0 fully saturated rings. The van der Waals surface area contributed by atoms with Crippen molar-refractivity contribution in [2.24, 2.45) is 5.73 Å². The highest BCUT2D eigenvalue weighted by molar-refractivity contribution is 5.85. The molecule has 0 aliphatic rings. The molecule has 0 unspecified atom stereocenters. The zero-order valence-corrected chi connectivity index (χ0v) is 17.6. The fourth-order valence-electron chi connectivity index (χ4n) is 2.68. The van der Waals surface area contributed by atoms with E-state index in [-0.39, 0.29) is 29.5 Å². The Morgan fingerprint density at radius 2 is 1.54 bits per heavy atom. The van der Waals surface area contributed by atoms with Crippen LogP contribution in [0.25, 0.3) is 0 Å². The van der Waals surface area contributed by atoms with Gasteiger partial charge in [0.05, 0.1) is 6.54 Å². The van der Waals surface area contributed by atoms with Crippen molar-refractivity contribution in [1.29, 1.82) is 0 Å². The number of carbonyl (C=O) groups is 3. The molecule has 4 N–H and O–H groups in total. The number of phenolic OH excluding ortho intramolecular Hbond substituents is 1. The van der Waals surface area contributed by atoms with Crippen LogP contribution in [-0.4, -0.2) is 36.0 Å². The van der Waals surface area contributed by atoms with Gasteiger partial charge in [0.1, 0.15) is 5.75 Å². The van der Waals surface area contributed by atoms with E-state index >= 15 is 0 Å². The highest BCUT2D eigenvalue weighted by atomic mass is 16.5. The molecule has 0 radical (unpaired) electrons. The Kier molecular flexibility index (Phi) is 7.61. The van der Waals surface area contributed by atoms with Crippen LogP contribution in [-0.2, 0) is 36.4 Å². The summed E-state index contributed by atoms with van der Waals surface area (Å²) >= 11 is 0. The van der Waals surface area contributed by atoms with Crippen LogP contribution in [0.2, 0.25) is 0 Å². The van der Waals surface area contributed by atoms with Crippen LogP contribution in [0.15, 0.2) is 12.1 Å². The first-order valence-corrected chi connectivity index (χ1v) is 9.29. The molecule has 1 aromatic carbocycles. The Balaban J connectivity index is 2.82. The van der Waals surface area contributed by atoms with Crippen molar-refractivity contribution < 1.29 is 24.2 Å². The Morgan fingerprint density at radius 3 is 1.96 bits per heavy atom.